The third kappa shape index (κ3) is 11.1. The first kappa shape index (κ1) is 40.0. The zero-order valence-electron chi connectivity index (χ0n) is 29.1. The van der Waals surface area contributed by atoms with Crippen molar-refractivity contribution in [1.82, 2.24) is 19.6 Å². The van der Waals surface area contributed by atoms with Gasteiger partial charge in [0.1, 0.15) is 23.1 Å². The summed E-state index contributed by atoms with van der Waals surface area (Å²) in [5.74, 6) is -5.53. The second kappa shape index (κ2) is 18.1. The Morgan fingerprint density at radius 1 is 0.321 bits per heavy atom. The van der Waals surface area contributed by atoms with Crippen molar-refractivity contribution in [3.8, 4) is 0 Å². The fraction of sp³-hybridized carbons (Fsp3) is 0.459. The third-order valence-electron chi connectivity index (χ3n) is 9.80. The van der Waals surface area contributed by atoms with E-state index in [-0.39, 0.29) is 126 Å². The van der Waals surface area contributed by atoms with Gasteiger partial charge >= 0.3 is 0 Å². The fourth-order valence-corrected chi connectivity index (χ4v) is 6.42. The lowest BCUT2D eigenvalue weighted by molar-refractivity contribution is -0.139. The van der Waals surface area contributed by atoms with Gasteiger partial charge in [0.05, 0.1) is 0 Å². The number of carbonyl (C=O) groups excluding carboxylic acids is 12. The van der Waals surface area contributed by atoms with Crippen LogP contribution in [0.1, 0.15) is 77.0 Å². The van der Waals surface area contributed by atoms with Gasteiger partial charge < -0.3 is 0 Å². The van der Waals surface area contributed by atoms with Crippen LogP contribution in [0.4, 0.5) is 0 Å². The van der Waals surface area contributed by atoms with Crippen molar-refractivity contribution in [2.75, 3.05) is 26.2 Å². The molecule has 0 atom stereocenters. The molecule has 0 radical (unpaired) electrons. The molecule has 0 unspecified atom stereocenters. The average molecular weight is 733 g/mol. The number of hydrogen-bond donors (Lipinski definition) is 0. The molecule has 0 aliphatic carbocycles. The Labute approximate surface area is 304 Å². The Kier molecular flexibility index (Phi) is 13.7. The molecule has 4 rings (SSSR count). The van der Waals surface area contributed by atoms with E-state index in [0.29, 0.717) is 0 Å². The number of hydrogen-bond acceptors (Lipinski definition) is 12. The van der Waals surface area contributed by atoms with Gasteiger partial charge in [-0.15, -0.1) is 0 Å². The molecule has 0 spiro atoms. The van der Waals surface area contributed by atoms with Gasteiger partial charge in [-0.2, -0.15) is 0 Å². The van der Waals surface area contributed by atoms with Crippen molar-refractivity contribution in [2.24, 2.45) is 5.41 Å². The van der Waals surface area contributed by atoms with E-state index in [1.165, 1.54) is 0 Å². The minimum atomic E-state index is -0.958. The van der Waals surface area contributed by atoms with Crippen molar-refractivity contribution in [1.29, 1.82) is 0 Å². The molecule has 4 heterocycles. The Balaban J connectivity index is 1.46. The number of rotatable bonds is 24. The van der Waals surface area contributed by atoms with Gasteiger partial charge in [-0.05, 0) is 31.1 Å². The third-order valence-corrected chi connectivity index (χ3v) is 9.80. The largest absolute Gasteiger partial charge is 0.300 e. The number of ketones is 4. The highest BCUT2D eigenvalue weighted by Crippen LogP contribution is 2.41. The topological polar surface area (TPSA) is 218 Å². The van der Waals surface area contributed by atoms with E-state index in [0.717, 1.165) is 68.2 Å². The van der Waals surface area contributed by atoms with E-state index < -0.39 is 52.7 Å². The summed E-state index contributed by atoms with van der Waals surface area (Å²) in [5, 5.41) is 0. The number of Topliss-reactive ketones (excluding diaryl/α,β-unsaturated/α-hetero) is 4. The lowest BCUT2D eigenvalue weighted by atomic mass is 9.70. The summed E-state index contributed by atoms with van der Waals surface area (Å²) >= 11 is 0. The van der Waals surface area contributed by atoms with Crippen LogP contribution in [0.3, 0.4) is 0 Å². The second-order valence-electron chi connectivity index (χ2n) is 13.3. The van der Waals surface area contributed by atoms with Crippen LogP contribution in [0.2, 0.25) is 0 Å². The van der Waals surface area contributed by atoms with Crippen molar-refractivity contribution in [2.45, 2.75) is 77.0 Å². The summed E-state index contributed by atoms with van der Waals surface area (Å²) in [7, 11) is 0. The van der Waals surface area contributed by atoms with E-state index >= 15 is 0 Å². The van der Waals surface area contributed by atoms with Crippen molar-refractivity contribution < 1.29 is 57.5 Å². The standard InChI is InChI=1S/C37H40N4O12/c42-25(13-21-38-29(46)1-2-30(38)47)9-17-37(18-10-26(43)14-22-39-31(48)3-4-32(39)49,19-11-27(44)15-23-40-33(50)5-6-34(40)51)20-12-28(45)16-24-41-35(52)7-8-36(41)53/h1-8H,9-24H2. The van der Waals surface area contributed by atoms with Gasteiger partial charge in [0.15, 0.2) is 0 Å². The fourth-order valence-electron chi connectivity index (χ4n) is 6.42. The highest BCUT2D eigenvalue weighted by atomic mass is 16.2. The van der Waals surface area contributed by atoms with E-state index in [4.69, 9.17) is 0 Å². The predicted molar refractivity (Wildman–Crippen MR) is 181 cm³/mol. The quantitative estimate of drug-likeness (QED) is 0.125. The molecular weight excluding hydrogens is 692 g/mol. The number of imide groups is 4. The molecule has 0 saturated heterocycles. The monoisotopic (exact) mass is 732 g/mol. The maximum absolute atomic E-state index is 13.1. The molecule has 0 aromatic heterocycles. The molecule has 0 bridgehead atoms. The number of carbonyl (C=O) groups is 12. The molecule has 4 aliphatic rings. The van der Waals surface area contributed by atoms with E-state index in [1.54, 1.807) is 0 Å². The molecule has 280 valence electrons. The first-order valence-corrected chi connectivity index (χ1v) is 17.4. The highest BCUT2D eigenvalue weighted by molar-refractivity contribution is 6.14. The van der Waals surface area contributed by atoms with Crippen LogP contribution in [-0.2, 0) is 57.5 Å². The molecule has 16 heteroatoms. The SMILES string of the molecule is O=C(CCN1C(=O)C=CC1=O)CCC(CCC(=O)CCN1C(=O)C=CC1=O)(CCC(=O)CCN1C(=O)C=CC1=O)CCC(=O)CCN1C(=O)C=CC1=O. The van der Waals surface area contributed by atoms with E-state index in [2.05, 4.69) is 0 Å². The molecule has 0 saturated carbocycles. The summed E-state index contributed by atoms with van der Waals surface area (Å²) in [5.41, 5.74) is -0.958. The van der Waals surface area contributed by atoms with Crippen molar-refractivity contribution >= 4 is 70.4 Å². The van der Waals surface area contributed by atoms with E-state index in [9.17, 15) is 57.5 Å². The smallest absolute Gasteiger partial charge is 0.253 e. The van der Waals surface area contributed by atoms with Gasteiger partial charge in [0, 0.05) is 126 Å². The van der Waals surface area contributed by atoms with E-state index in [1.807, 2.05) is 0 Å². The molecule has 8 amide bonds. The zero-order valence-corrected chi connectivity index (χ0v) is 29.1. The Bertz CT molecular complexity index is 1430. The maximum atomic E-state index is 13.1. The molecule has 4 aliphatic heterocycles. The predicted octanol–water partition coefficient (Wildman–Crippen LogP) is 0.630. The summed E-state index contributed by atoms with van der Waals surface area (Å²) in [6.07, 6.45) is 8.43. The Morgan fingerprint density at radius 3 is 0.660 bits per heavy atom. The minimum Gasteiger partial charge on any atom is -0.300 e. The molecule has 0 aromatic carbocycles. The average Bonchev–Trinajstić information content (AvgIpc) is 3.84. The van der Waals surface area contributed by atoms with Gasteiger partial charge in [-0.3, -0.25) is 77.1 Å². The van der Waals surface area contributed by atoms with Crippen molar-refractivity contribution in [3.05, 3.63) is 48.6 Å². The van der Waals surface area contributed by atoms with Crippen LogP contribution in [0.5, 0.6) is 0 Å². The van der Waals surface area contributed by atoms with Gasteiger partial charge in [-0.25, -0.2) is 0 Å². The number of nitrogens with zero attached hydrogens (tertiary/aromatic N) is 4. The summed E-state index contributed by atoms with van der Waals surface area (Å²) in [6, 6.07) is 0. The minimum absolute atomic E-state index is 0.0758. The van der Waals surface area contributed by atoms with Gasteiger partial charge in [0.2, 0.25) is 0 Å². The first-order valence-electron chi connectivity index (χ1n) is 17.4. The normalized spacial score (nSPS) is 16.9. The van der Waals surface area contributed by atoms with Crippen LogP contribution < -0.4 is 0 Å². The molecule has 16 nitrogen and oxygen atoms in total. The number of amides is 8. The lowest BCUT2D eigenvalue weighted by Crippen LogP contribution is -2.33. The summed E-state index contributed by atoms with van der Waals surface area (Å²) in [4.78, 5) is 152. The lowest BCUT2D eigenvalue weighted by Gasteiger charge is -2.34. The molecule has 0 aromatic rings. The van der Waals surface area contributed by atoms with Crippen LogP contribution >= 0.6 is 0 Å². The molecule has 53 heavy (non-hydrogen) atoms. The summed E-state index contributed by atoms with van der Waals surface area (Å²) in [6.45, 7) is -0.554. The highest BCUT2D eigenvalue weighted by Gasteiger charge is 2.34. The Morgan fingerprint density at radius 2 is 0.491 bits per heavy atom. The zero-order chi connectivity index (χ0) is 38.7. The van der Waals surface area contributed by atoms with Crippen LogP contribution in [-0.4, -0.2) is 116 Å². The summed E-state index contributed by atoms with van der Waals surface area (Å²) < 4.78 is 0. The first-order chi connectivity index (χ1) is 25.2. The maximum Gasteiger partial charge on any atom is 0.253 e. The van der Waals surface area contributed by atoms with Gasteiger partial charge in [0.25, 0.3) is 47.3 Å². The van der Waals surface area contributed by atoms with Crippen LogP contribution in [0.15, 0.2) is 48.6 Å². The van der Waals surface area contributed by atoms with Crippen LogP contribution in [0, 0.1) is 5.41 Å². The molecule has 0 fully saturated rings. The van der Waals surface area contributed by atoms with Crippen LogP contribution in [0.25, 0.3) is 0 Å². The Hall–Kier alpha value is -5.80. The molecular formula is C37H40N4O12. The van der Waals surface area contributed by atoms with Gasteiger partial charge in [-0.1, -0.05) is 0 Å². The second-order valence-corrected chi connectivity index (χ2v) is 13.3. The molecule has 0 N–H and O–H groups in total. The van der Waals surface area contributed by atoms with Crippen molar-refractivity contribution in [3.63, 3.8) is 0 Å².